The lowest BCUT2D eigenvalue weighted by atomic mass is 10.2. The summed E-state index contributed by atoms with van der Waals surface area (Å²) in [7, 11) is 2.02. The first-order valence-electron chi connectivity index (χ1n) is 6.37. The summed E-state index contributed by atoms with van der Waals surface area (Å²) in [6.07, 6.45) is 0. The lowest BCUT2D eigenvalue weighted by molar-refractivity contribution is 0.0791. The highest BCUT2D eigenvalue weighted by Crippen LogP contribution is 2.19. The van der Waals surface area contributed by atoms with Crippen molar-refractivity contribution in [1.29, 1.82) is 0 Å². The van der Waals surface area contributed by atoms with Gasteiger partial charge in [0, 0.05) is 31.9 Å². The number of benzene rings is 1. The van der Waals surface area contributed by atoms with Gasteiger partial charge in [-0.25, -0.2) is 4.79 Å². The Balaban J connectivity index is 1.76. The van der Waals surface area contributed by atoms with Gasteiger partial charge in [0.1, 0.15) is 0 Å². The lowest BCUT2D eigenvalue weighted by Gasteiger charge is -2.29. The Labute approximate surface area is 110 Å². The largest absolute Gasteiger partial charge is 0.417 e. The molecule has 0 spiro atoms. The first kappa shape index (κ1) is 12.3. The average molecular weight is 263 g/mol. The molecule has 6 nitrogen and oxygen atoms in total. The van der Waals surface area contributed by atoms with E-state index in [1.165, 1.54) is 0 Å². The molecule has 0 bridgehead atoms. The summed E-state index contributed by atoms with van der Waals surface area (Å²) < 4.78 is 10.4. The summed E-state index contributed by atoms with van der Waals surface area (Å²) in [5.41, 5.74) is 2.35. The van der Waals surface area contributed by atoms with Gasteiger partial charge in [0.05, 0.1) is 18.7 Å². The van der Waals surface area contributed by atoms with E-state index in [4.69, 9.17) is 9.15 Å². The summed E-state index contributed by atoms with van der Waals surface area (Å²) in [5.74, 6) is -0.419. The van der Waals surface area contributed by atoms with Gasteiger partial charge in [-0.05, 0) is 18.2 Å². The Kier molecular flexibility index (Phi) is 3.27. The number of nitrogens with zero attached hydrogens (tertiary/aromatic N) is 1. The Bertz CT molecular complexity index is 613. The predicted molar refractivity (Wildman–Crippen MR) is 72.7 cm³/mol. The van der Waals surface area contributed by atoms with Crippen LogP contribution in [0.15, 0.2) is 27.4 Å². The van der Waals surface area contributed by atoms with E-state index in [1.807, 2.05) is 25.2 Å². The van der Waals surface area contributed by atoms with Crippen LogP contribution in [0.3, 0.4) is 0 Å². The van der Waals surface area contributed by atoms with Crippen LogP contribution in [-0.2, 0) is 4.74 Å². The Morgan fingerprint density at radius 2 is 2.37 bits per heavy atom. The number of aromatic amines is 1. The zero-order valence-electron chi connectivity index (χ0n) is 10.8. The fourth-order valence-electron chi connectivity index (χ4n) is 2.35. The van der Waals surface area contributed by atoms with E-state index in [-0.39, 0.29) is 0 Å². The molecule has 1 aromatic carbocycles. The highest BCUT2D eigenvalue weighted by molar-refractivity contribution is 5.77. The van der Waals surface area contributed by atoms with E-state index < -0.39 is 5.76 Å². The molecule has 1 aliphatic rings. The molecule has 1 saturated heterocycles. The van der Waals surface area contributed by atoms with Crippen LogP contribution in [0.1, 0.15) is 0 Å². The van der Waals surface area contributed by atoms with Gasteiger partial charge in [0.2, 0.25) is 0 Å². The molecule has 1 aromatic heterocycles. The van der Waals surface area contributed by atoms with Crippen LogP contribution in [0.5, 0.6) is 0 Å². The molecule has 2 N–H and O–H groups in total. The molecule has 2 heterocycles. The topological polar surface area (TPSA) is 70.5 Å². The minimum Gasteiger partial charge on any atom is -0.408 e. The number of fused-ring (bicyclic) bond motifs is 1. The van der Waals surface area contributed by atoms with E-state index in [0.717, 1.165) is 37.5 Å². The third kappa shape index (κ3) is 2.64. The highest BCUT2D eigenvalue weighted by Gasteiger charge is 2.15. The minimum atomic E-state index is -0.419. The molecule has 0 saturated carbocycles. The van der Waals surface area contributed by atoms with Crippen LogP contribution in [0.4, 0.5) is 5.69 Å². The quantitative estimate of drug-likeness (QED) is 0.846. The number of anilines is 1. The molecule has 1 fully saturated rings. The van der Waals surface area contributed by atoms with Gasteiger partial charge in [-0.1, -0.05) is 0 Å². The van der Waals surface area contributed by atoms with Crippen LogP contribution in [-0.4, -0.2) is 44.4 Å². The molecule has 6 heteroatoms. The molecule has 1 unspecified atom stereocenters. The summed E-state index contributed by atoms with van der Waals surface area (Å²) >= 11 is 0. The zero-order chi connectivity index (χ0) is 13.2. The molecule has 0 aliphatic carbocycles. The number of aromatic nitrogens is 1. The second-order valence-electron chi connectivity index (χ2n) is 4.80. The number of H-pyrrole nitrogens is 1. The molecular formula is C13H17N3O3. The maximum atomic E-state index is 11.1. The number of hydrogen-bond acceptors (Lipinski definition) is 5. The number of nitrogens with one attached hydrogen (secondary N) is 2. The summed E-state index contributed by atoms with van der Waals surface area (Å²) in [6, 6.07) is 6.01. The van der Waals surface area contributed by atoms with Gasteiger partial charge >= 0.3 is 5.76 Å². The summed E-state index contributed by atoms with van der Waals surface area (Å²) in [6.45, 7) is 3.26. The van der Waals surface area contributed by atoms with E-state index in [1.54, 1.807) is 0 Å². The number of likely N-dealkylation sites (N-methyl/N-ethyl adjacent to an activating group) is 1. The predicted octanol–water partition coefficient (Wildman–Crippen LogP) is 0.546. The van der Waals surface area contributed by atoms with Gasteiger partial charge in [-0.3, -0.25) is 4.98 Å². The fraction of sp³-hybridized carbons (Fsp3) is 0.462. The molecule has 3 rings (SSSR count). The molecule has 1 aliphatic heterocycles. The van der Waals surface area contributed by atoms with Crippen LogP contribution in [0.2, 0.25) is 0 Å². The van der Waals surface area contributed by atoms with Gasteiger partial charge in [0.15, 0.2) is 5.58 Å². The van der Waals surface area contributed by atoms with Crippen molar-refractivity contribution in [2.45, 2.75) is 6.04 Å². The summed E-state index contributed by atoms with van der Waals surface area (Å²) in [4.78, 5) is 15.9. The van der Waals surface area contributed by atoms with Gasteiger partial charge in [-0.2, -0.15) is 0 Å². The normalized spacial score (nSPS) is 19.7. The van der Waals surface area contributed by atoms with Crippen LogP contribution >= 0.6 is 0 Å². The number of rotatable bonds is 3. The standard InChI is InChI=1S/C13H17N3O3/c1-16(7-9-8-18-5-4-14-9)10-2-3-12-11(6-10)15-13(17)19-12/h2-3,6,9,14H,4-5,7-8H2,1H3,(H,15,17). The fourth-order valence-corrected chi connectivity index (χ4v) is 2.35. The Morgan fingerprint density at radius 3 is 3.16 bits per heavy atom. The van der Waals surface area contributed by atoms with Gasteiger partial charge in [-0.15, -0.1) is 0 Å². The monoisotopic (exact) mass is 263 g/mol. The van der Waals surface area contributed by atoms with Crippen LogP contribution < -0.4 is 16.0 Å². The third-order valence-corrected chi connectivity index (χ3v) is 3.34. The van der Waals surface area contributed by atoms with Gasteiger partial charge < -0.3 is 19.4 Å². The molecule has 102 valence electrons. The number of oxazole rings is 1. The van der Waals surface area contributed by atoms with E-state index >= 15 is 0 Å². The number of morpholine rings is 1. The van der Waals surface area contributed by atoms with E-state index in [9.17, 15) is 4.79 Å². The Hall–Kier alpha value is -1.79. The Morgan fingerprint density at radius 1 is 1.47 bits per heavy atom. The second kappa shape index (κ2) is 5.07. The molecular weight excluding hydrogens is 246 g/mol. The highest BCUT2D eigenvalue weighted by atomic mass is 16.5. The van der Waals surface area contributed by atoms with E-state index in [0.29, 0.717) is 11.6 Å². The average Bonchev–Trinajstić information content (AvgIpc) is 2.78. The maximum Gasteiger partial charge on any atom is 0.417 e. The van der Waals surface area contributed by atoms with Crippen molar-refractivity contribution in [2.24, 2.45) is 0 Å². The second-order valence-corrected chi connectivity index (χ2v) is 4.80. The van der Waals surface area contributed by atoms with Crippen molar-refractivity contribution in [3.05, 3.63) is 28.7 Å². The van der Waals surface area contributed by atoms with Crippen molar-refractivity contribution in [3.8, 4) is 0 Å². The van der Waals surface area contributed by atoms with Crippen LogP contribution in [0.25, 0.3) is 11.1 Å². The minimum absolute atomic E-state index is 0.331. The number of ether oxygens (including phenoxy) is 1. The lowest BCUT2D eigenvalue weighted by Crippen LogP contribution is -2.47. The van der Waals surface area contributed by atoms with Crippen molar-refractivity contribution < 1.29 is 9.15 Å². The van der Waals surface area contributed by atoms with Crippen molar-refractivity contribution >= 4 is 16.8 Å². The van der Waals surface area contributed by atoms with Crippen LogP contribution in [0, 0.1) is 0 Å². The van der Waals surface area contributed by atoms with Crippen molar-refractivity contribution in [1.82, 2.24) is 10.3 Å². The first-order valence-corrected chi connectivity index (χ1v) is 6.37. The van der Waals surface area contributed by atoms with Gasteiger partial charge in [0.25, 0.3) is 0 Å². The molecule has 0 radical (unpaired) electrons. The molecule has 19 heavy (non-hydrogen) atoms. The number of hydrogen-bond donors (Lipinski definition) is 2. The maximum absolute atomic E-state index is 11.1. The SMILES string of the molecule is CN(CC1COCCN1)c1ccc2oc(=O)[nH]c2c1. The third-order valence-electron chi connectivity index (χ3n) is 3.34. The summed E-state index contributed by atoms with van der Waals surface area (Å²) in [5, 5.41) is 3.42. The van der Waals surface area contributed by atoms with E-state index in [2.05, 4.69) is 15.2 Å². The molecule has 0 amide bonds. The first-order chi connectivity index (χ1) is 9.22. The van der Waals surface area contributed by atoms with Crippen molar-refractivity contribution in [2.75, 3.05) is 38.3 Å². The van der Waals surface area contributed by atoms with Crippen molar-refractivity contribution in [3.63, 3.8) is 0 Å². The zero-order valence-corrected chi connectivity index (χ0v) is 10.8. The molecule has 2 aromatic rings. The molecule has 1 atom stereocenters. The smallest absolute Gasteiger partial charge is 0.408 e.